The van der Waals surface area contributed by atoms with Gasteiger partial charge in [-0.3, -0.25) is 0 Å². The summed E-state index contributed by atoms with van der Waals surface area (Å²) in [7, 11) is -6.03. The Kier molecular flexibility index (Phi) is 4.61. The van der Waals surface area contributed by atoms with Crippen LogP contribution in [0.1, 0.15) is 11.3 Å². The van der Waals surface area contributed by atoms with Gasteiger partial charge in [0.2, 0.25) is 20.0 Å². The van der Waals surface area contributed by atoms with Crippen LogP contribution in [-0.2, 0) is 32.8 Å². The highest BCUT2D eigenvalue weighted by molar-refractivity contribution is 8.04. The summed E-state index contributed by atoms with van der Waals surface area (Å²) in [4.78, 5) is 0. The van der Waals surface area contributed by atoms with Gasteiger partial charge >= 0.3 is 0 Å². The molecule has 122 valence electrons. The van der Waals surface area contributed by atoms with E-state index in [0.29, 0.717) is 11.3 Å². The second-order valence-corrected chi connectivity index (χ2v) is 8.82. The Balaban J connectivity index is 2.23. The van der Waals surface area contributed by atoms with Crippen molar-refractivity contribution in [2.24, 2.45) is 7.05 Å². The van der Waals surface area contributed by atoms with Gasteiger partial charge in [-0.2, -0.15) is 5.26 Å². The van der Waals surface area contributed by atoms with E-state index < -0.39 is 25.8 Å². The summed E-state index contributed by atoms with van der Waals surface area (Å²) in [5.74, 6) is -0.434. The summed E-state index contributed by atoms with van der Waals surface area (Å²) in [5.41, 5.74) is 2.63. The second kappa shape index (κ2) is 6.16. The van der Waals surface area contributed by atoms with Crippen molar-refractivity contribution in [3.8, 4) is 17.3 Å². The van der Waals surface area contributed by atoms with E-state index in [2.05, 4.69) is 6.07 Å². The number of rotatable bonds is 5. The van der Waals surface area contributed by atoms with Crippen LogP contribution in [-0.4, -0.2) is 27.7 Å². The highest BCUT2D eigenvalue weighted by Gasteiger charge is 2.17. The van der Waals surface area contributed by atoms with Crippen molar-refractivity contribution < 1.29 is 16.8 Å². The van der Waals surface area contributed by atoms with E-state index in [1.165, 1.54) is 0 Å². The lowest BCUT2D eigenvalue weighted by molar-refractivity contribution is 0.579. The van der Waals surface area contributed by atoms with Gasteiger partial charge in [-0.1, -0.05) is 24.3 Å². The third kappa shape index (κ3) is 4.41. The van der Waals surface area contributed by atoms with Crippen LogP contribution in [0.15, 0.2) is 36.4 Å². The average Bonchev–Trinajstić information content (AvgIpc) is 2.77. The summed E-state index contributed by atoms with van der Waals surface area (Å²) in [5, 5.41) is 8.95. The molecule has 7 nitrogen and oxygen atoms in total. The van der Waals surface area contributed by atoms with Gasteiger partial charge in [0.05, 0.1) is 12.0 Å². The summed E-state index contributed by atoms with van der Waals surface area (Å²) in [6.07, 6.45) is 0.788. The topological polar surface area (TPSA) is 109 Å². The summed E-state index contributed by atoms with van der Waals surface area (Å²) < 4.78 is 48.9. The zero-order valence-electron chi connectivity index (χ0n) is 12.5. The maximum atomic E-state index is 11.7. The summed E-state index contributed by atoms with van der Waals surface area (Å²) >= 11 is 0. The maximum Gasteiger partial charge on any atom is 0.228 e. The Hall–Kier alpha value is -2.15. The molecule has 2 aromatic rings. The molecule has 0 unspecified atom stereocenters. The number of nitriles is 1. The molecular weight excluding hydrogens is 338 g/mol. The lowest BCUT2D eigenvalue weighted by Crippen LogP contribution is -2.30. The van der Waals surface area contributed by atoms with Gasteiger partial charge in [-0.15, -0.1) is 4.13 Å². The van der Waals surface area contributed by atoms with Crippen molar-refractivity contribution in [2.75, 3.05) is 6.26 Å². The van der Waals surface area contributed by atoms with Crippen molar-refractivity contribution in [1.29, 1.82) is 5.26 Å². The molecule has 1 N–H and O–H groups in total. The zero-order valence-corrected chi connectivity index (χ0v) is 14.1. The SMILES string of the molecule is Cn1c(C#N)ccc1-c1ccc(CS(=O)(=O)NS(C)(=O)=O)cc1. The molecule has 0 atom stereocenters. The van der Waals surface area contributed by atoms with Crippen molar-refractivity contribution in [3.63, 3.8) is 0 Å². The van der Waals surface area contributed by atoms with Gasteiger partial charge in [0.1, 0.15) is 11.8 Å². The summed E-state index contributed by atoms with van der Waals surface area (Å²) in [6.45, 7) is 0. The van der Waals surface area contributed by atoms with Gasteiger partial charge in [0.15, 0.2) is 0 Å². The molecule has 0 amide bonds. The first-order valence-corrected chi connectivity index (χ1v) is 10.0. The molecule has 1 aromatic carbocycles. The van der Waals surface area contributed by atoms with Crippen LogP contribution in [0, 0.1) is 11.3 Å². The molecule has 0 fully saturated rings. The Bertz CT molecular complexity index is 966. The third-order valence-corrected chi connectivity index (χ3v) is 6.06. The smallest absolute Gasteiger partial charge is 0.228 e. The fourth-order valence-corrected chi connectivity index (χ4v) is 4.88. The highest BCUT2D eigenvalue weighted by atomic mass is 32.3. The predicted molar refractivity (Wildman–Crippen MR) is 86.2 cm³/mol. The van der Waals surface area contributed by atoms with Crippen molar-refractivity contribution >= 4 is 20.0 Å². The van der Waals surface area contributed by atoms with E-state index in [1.807, 2.05) is 0 Å². The van der Waals surface area contributed by atoms with Crippen LogP contribution < -0.4 is 4.13 Å². The molecule has 0 bridgehead atoms. The zero-order chi connectivity index (χ0) is 17.3. The number of hydrogen-bond acceptors (Lipinski definition) is 5. The fraction of sp³-hybridized carbons (Fsp3) is 0.214. The first-order chi connectivity index (χ1) is 10.6. The van der Waals surface area contributed by atoms with Gasteiger partial charge in [0.25, 0.3) is 0 Å². The molecular formula is C14H15N3O4S2. The highest BCUT2D eigenvalue weighted by Crippen LogP contribution is 2.22. The molecule has 1 aromatic heterocycles. The predicted octanol–water partition coefficient (Wildman–Crippen LogP) is 0.943. The molecule has 2 rings (SSSR count). The quantitative estimate of drug-likeness (QED) is 0.860. The lowest BCUT2D eigenvalue weighted by atomic mass is 10.1. The minimum atomic E-state index is -3.96. The second-order valence-electron chi connectivity index (χ2n) is 5.09. The molecule has 23 heavy (non-hydrogen) atoms. The number of nitrogens with zero attached hydrogens (tertiary/aromatic N) is 2. The molecule has 9 heteroatoms. The average molecular weight is 353 g/mol. The van der Waals surface area contributed by atoms with E-state index in [1.54, 1.807) is 52.1 Å². The number of nitrogens with one attached hydrogen (secondary N) is 1. The minimum Gasteiger partial charge on any atom is -0.335 e. The first-order valence-electron chi connectivity index (χ1n) is 6.48. The van der Waals surface area contributed by atoms with Crippen molar-refractivity contribution in [2.45, 2.75) is 5.75 Å². The first kappa shape index (κ1) is 17.2. The van der Waals surface area contributed by atoms with Gasteiger partial charge in [0, 0.05) is 12.7 Å². The van der Waals surface area contributed by atoms with Crippen LogP contribution >= 0.6 is 0 Å². The van der Waals surface area contributed by atoms with Gasteiger partial charge < -0.3 is 4.57 Å². The Morgan fingerprint density at radius 2 is 1.70 bits per heavy atom. The Morgan fingerprint density at radius 1 is 1.09 bits per heavy atom. The van der Waals surface area contributed by atoms with Gasteiger partial charge in [-0.25, -0.2) is 16.8 Å². The van der Waals surface area contributed by atoms with E-state index in [9.17, 15) is 16.8 Å². The third-order valence-electron chi connectivity index (χ3n) is 3.12. The molecule has 0 radical (unpaired) electrons. The lowest BCUT2D eigenvalue weighted by Gasteiger charge is -2.07. The van der Waals surface area contributed by atoms with Crippen LogP contribution in [0.25, 0.3) is 11.3 Å². The van der Waals surface area contributed by atoms with Crippen molar-refractivity contribution in [3.05, 3.63) is 47.7 Å². The van der Waals surface area contributed by atoms with Gasteiger partial charge in [-0.05, 0) is 23.3 Å². The van der Waals surface area contributed by atoms with Crippen LogP contribution in [0.2, 0.25) is 0 Å². The molecule has 1 heterocycles. The molecule has 0 aliphatic carbocycles. The molecule has 0 aliphatic heterocycles. The Morgan fingerprint density at radius 3 is 2.17 bits per heavy atom. The molecule has 0 saturated carbocycles. The van der Waals surface area contributed by atoms with Crippen LogP contribution in [0.5, 0.6) is 0 Å². The van der Waals surface area contributed by atoms with E-state index >= 15 is 0 Å². The molecule has 0 saturated heterocycles. The number of sulfonamides is 2. The standard InChI is InChI=1S/C14H15N3O4S2/c1-17-13(9-15)7-8-14(17)12-5-3-11(4-6-12)10-23(20,21)16-22(2,18)19/h3-8,16H,10H2,1-2H3. The van der Waals surface area contributed by atoms with E-state index in [0.717, 1.165) is 17.5 Å². The maximum absolute atomic E-state index is 11.7. The van der Waals surface area contributed by atoms with Crippen LogP contribution in [0.3, 0.4) is 0 Å². The summed E-state index contributed by atoms with van der Waals surface area (Å²) in [6, 6.07) is 12.2. The molecule has 0 aliphatic rings. The number of benzene rings is 1. The minimum absolute atomic E-state index is 0.434. The Labute approximate surface area is 135 Å². The number of hydrogen-bond donors (Lipinski definition) is 1. The van der Waals surface area contributed by atoms with Crippen LogP contribution in [0.4, 0.5) is 0 Å². The normalized spacial score (nSPS) is 12.0. The monoisotopic (exact) mass is 353 g/mol. The fourth-order valence-electron chi connectivity index (χ4n) is 2.16. The van der Waals surface area contributed by atoms with Crippen molar-refractivity contribution in [1.82, 2.24) is 8.69 Å². The largest absolute Gasteiger partial charge is 0.335 e. The number of aromatic nitrogens is 1. The van der Waals surface area contributed by atoms with E-state index in [-0.39, 0.29) is 0 Å². The van der Waals surface area contributed by atoms with E-state index in [4.69, 9.17) is 5.26 Å². The molecule has 0 spiro atoms.